The van der Waals surface area contributed by atoms with Gasteiger partial charge in [0.15, 0.2) is 0 Å². The van der Waals surface area contributed by atoms with Crippen LogP contribution >= 0.6 is 0 Å². The highest BCUT2D eigenvalue weighted by Crippen LogP contribution is 2.30. The quantitative estimate of drug-likeness (QED) is 0.439. The fourth-order valence-corrected chi connectivity index (χ4v) is 2.50. The molecule has 0 unspecified atom stereocenters. The van der Waals surface area contributed by atoms with Crippen LogP contribution in [0.4, 0.5) is 0 Å². The Morgan fingerprint density at radius 3 is 2.42 bits per heavy atom. The number of oxime groups is 1. The number of hydrogen-bond donors (Lipinski definition) is 1. The van der Waals surface area contributed by atoms with Gasteiger partial charge in [0.1, 0.15) is 0 Å². The van der Waals surface area contributed by atoms with E-state index in [9.17, 15) is 0 Å². The van der Waals surface area contributed by atoms with E-state index in [4.69, 9.17) is 5.21 Å². The normalized spacial score (nSPS) is 40.2. The van der Waals surface area contributed by atoms with Crippen LogP contribution in [0, 0.1) is 0 Å². The summed E-state index contributed by atoms with van der Waals surface area (Å²) in [4.78, 5) is 2.46. The minimum absolute atomic E-state index is 0.642. The summed E-state index contributed by atoms with van der Waals surface area (Å²) in [7, 11) is 2.20. The van der Waals surface area contributed by atoms with E-state index in [-0.39, 0.29) is 0 Å². The molecule has 0 aromatic rings. The lowest BCUT2D eigenvalue weighted by Gasteiger charge is -2.43. The van der Waals surface area contributed by atoms with Crippen molar-refractivity contribution in [1.82, 2.24) is 4.90 Å². The van der Waals surface area contributed by atoms with Crippen LogP contribution < -0.4 is 0 Å². The molecule has 0 aliphatic carbocycles. The van der Waals surface area contributed by atoms with Gasteiger partial charge < -0.3 is 5.21 Å². The lowest BCUT2D eigenvalue weighted by Crippen LogP contribution is -2.49. The van der Waals surface area contributed by atoms with Gasteiger partial charge in [0.05, 0.1) is 5.71 Å². The molecular formula is C9H16N2O. The molecule has 2 aliphatic rings. The zero-order valence-electron chi connectivity index (χ0n) is 7.53. The molecule has 2 fully saturated rings. The number of rotatable bonds is 0. The van der Waals surface area contributed by atoms with E-state index in [2.05, 4.69) is 17.1 Å². The maximum Gasteiger partial charge on any atom is 0.0601 e. The average Bonchev–Trinajstić information content (AvgIpc) is 2.04. The van der Waals surface area contributed by atoms with Crippen LogP contribution in [0.15, 0.2) is 5.16 Å². The first-order chi connectivity index (χ1) is 5.81. The van der Waals surface area contributed by atoms with Crippen LogP contribution in [0.1, 0.15) is 32.1 Å². The Kier molecular flexibility index (Phi) is 2.05. The van der Waals surface area contributed by atoms with Crippen molar-refractivity contribution in [2.45, 2.75) is 44.2 Å². The fourth-order valence-electron chi connectivity index (χ4n) is 2.50. The van der Waals surface area contributed by atoms with Gasteiger partial charge in [-0.25, -0.2) is 0 Å². The van der Waals surface area contributed by atoms with Crippen molar-refractivity contribution in [2.24, 2.45) is 5.16 Å². The van der Waals surface area contributed by atoms with Crippen molar-refractivity contribution < 1.29 is 5.21 Å². The third-order valence-electron chi connectivity index (χ3n) is 3.31. The van der Waals surface area contributed by atoms with E-state index >= 15 is 0 Å². The molecule has 0 saturated carbocycles. The van der Waals surface area contributed by atoms with Crippen LogP contribution in [-0.4, -0.2) is 35.0 Å². The predicted molar refractivity (Wildman–Crippen MR) is 47.6 cm³/mol. The molecule has 0 amide bonds. The van der Waals surface area contributed by atoms with Crippen LogP contribution in [0.5, 0.6) is 0 Å². The monoisotopic (exact) mass is 168 g/mol. The molecule has 0 aromatic heterocycles. The lowest BCUT2D eigenvalue weighted by atomic mass is 9.84. The molecule has 2 saturated heterocycles. The first kappa shape index (κ1) is 8.05. The smallest absolute Gasteiger partial charge is 0.0601 e. The first-order valence-corrected chi connectivity index (χ1v) is 4.73. The number of fused-ring (bicyclic) bond motifs is 2. The molecule has 12 heavy (non-hydrogen) atoms. The number of hydrogen-bond acceptors (Lipinski definition) is 3. The van der Waals surface area contributed by atoms with E-state index in [1.165, 1.54) is 19.3 Å². The SMILES string of the molecule is CN1[C@@H]2CCC[C@H]1CC(=NO)C2. The predicted octanol–water partition coefficient (Wildman–Crippen LogP) is 1.46. The highest BCUT2D eigenvalue weighted by molar-refractivity contribution is 5.85. The molecular weight excluding hydrogens is 152 g/mol. The summed E-state index contributed by atoms with van der Waals surface area (Å²) in [5, 5.41) is 12.1. The molecule has 68 valence electrons. The van der Waals surface area contributed by atoms with Crippen LogP contribution in [0.25, 0.3) is 0 Å². The van der Waals surface area contributed by atoms with E-state index in [0.29, 0.717) is 12.1 Å². The van der Waals surface area contributed by atoms with Crippen molar-refractivity contribution in [2.75, 3.05) is 7.05 Å². The van der Waals surface area contributed by atoms with Gasteiger partial charge >= 0.3 is 0 Å². The Hall–Kier alpha value is -0.570. The van der Waals surface area contributed by atoms with Crippen molar-refractivity contribution >= 4 is 5.71 Å². The van der Waals surface area contributed by atoms with Gasteiger partial charge in [-0.05, 0) is 19.9 Å². The molecule has 2 atom stereocenters. The Bertz CT molecular complexity index is 187. The van der Waals surface area contributed by atoms with Gasteiger partial charge in [-0.15, -0.1) is 0 Å². The molecule has 3 nitrogen and oxygen atoms in total. The number of piperidine rings is 2. The highest BCUT2D eigenvalue weighted by atomic mass is 16.4. The zero-order valence-corrected chi connectivity index (χ0v) is 7.53. The van der Waals surface area contributed by atoms with Gasteiger partial charge in [-0.3, -0.25) is 4.90 Å². The second kappa shape index (κ2) is 3.05. The maximum atomic E-state index is 8.70. The molecule has 1 N–H and O–H groups in total. The van der Waals surface area contributed by atoms with Crippen molar-refractivity contribution in [1.29, 1.82) is 0 Å². The zero-order chi connectivity index (χ0) is 8.55. The Morgan fingerprint density at radius 1 is 1.33 bits per heavy atom. The molecule has 2 bridgehead atoms. The van der Waals surface area contributed by atoms with Crippen LogP contribution in [0.3, 0.4) is 0 Å². The summed E-state index contributed by atoms with van der Waals surface area (Å²) in [6, 6.07) is 1.28. The molecule has 2 heterocycles. The molecule has 0 spiro atoms. The van der Waals surface area contributed by atoms with Crippen LogP contribution in [-0.2, 0) is 0 Å². The Morgan fingerprint density at radius 2 is 1.92 bits per heavy atom. The third-order valence-corrected chi connectivity index (χ3v) is 3.31. The molecule has 2 aliphatic heterocycles. The van der Waals surface area contributed by atoms with E-state index < -0.39 is 0 Å². The largest absolute Gasteiger partial charge is 0.411 e. The Balaban J connectivity index is 2.12. The standard InChI is InChI=1S/C9H16N2O/c1-11-8-3-2-4-9(11)6-7(5-8)10-12/h8-9,12H,2-6H2,1H3/t8-,9+. The summed E-state index contributed by atoms with van der Waals surface area (Å²) >= 11 is 0. The summed E-state index contributed by atoms with van der Waals surface area (Å²) in [5.41, 5.74) is 1.00. The van der Waals surface area contributed by atoms with E-state index in [1.54, 1.807) is 0 Å². The second-order valence-electron chi connectivity index (χ2n) is 3.98. The van der Waals surface area contributed by atoms with Gasteiger partial charge in [0, 0.05) is 24.9 Å². The molecule has 3 heteroatoms. The highest BCUT2D eigenvalue weighted by Gasteiger charge is 2.33. The molecule has 2 rings (SSSR count). The summed E-state index contributed by atoms with van der Waals surface area (Å²) in [6.45, 7) is 0. The minimum Gasteiger partial charge on any atom is -0.411 e. The average molecular weight is 168 g/mol. The van der Waals surface area contributed by atoms with Crippen LogP contribution in [0.2, 0.25) is 0 Å². The molecule has 0 radical (unpaired) electrons. The van der Waals surface area contributed by atoms with Gasteiger partial charge in [0.25, 0.3) is 0 Å². The Labute approximate surface area is 73.1 Å². The minimum atomic E-state index is 0.642. The topological polar surface area (TPSA) is 35.8 Å². The maximum absolute atomic E-state index is 8.70. The van der Waals surface area contributed by atoms with Gasteiger partial charge in [0.2, 0.25) is 0 Å². The summed E-state index contributed by atoms with van der Waals surface area (Å²) in [5.74, 6) is 0. The fraction of sp³-hybridized carbons (Fsp3) is 0.889. The third kappa shape index (κ3) is 1.22. The van der Waals surface area contributed by atoms with Crippen molar-refractivity contribution in [3.63, 3.8) is 0 Å². The summed E-state index contributed by atoms with van der Waals surface area (Å²) < 4.78 is 0. The summed E-state index contributed by atoms with van der Waals surface area (Å²) in [6.07, 6.45) is 5.84. The second-order valence-corrected chi connectivity index (χ2v) is 3.98. The first-order valence-electron chi connectivity index (χ1n) is 4.73. The van der Waals surface area contributed by atoms with Crippen molar-refractivity contribution in [3.8, 4) is 0 Å². The lowest BCUT2D eigenvalue weighted by molar-refractivity contribution is 0.105. The van der Waals surface area contributed by atoms with E-state index in [1.807, 2.05) is 0 Å². The van der Waals surface area contributed by atoms with Gasteiger partial charge in [-0.2, -0.15) is 0 Å². The van der Waals surface area contributed by atoms with E-state index in [0.717, 1.165) is 18.6 Å². The van der Waals surface area contributed by atoms with Gasteiger partial charge in [-0.1, -0.05) is 11.6 Å². The van der Waals surface area contributed by atoms with Crippen molar-refractivity contribution in [3.05, 3.63) is 0 Å². The number of nitrogens with zero attached hydrogens (tertiary/aromatic N) is 2. The molecule has 0 aromatic carbocycles.